The topological polar surface area (TPSA) is 102 Å². The Morgan fingerprint density at radius 2 is 1.74 bits per heavy atom. The van der Waals surface area contributed by atoms with Crippen LogP contribution in [-0.2, 0) is 17.9 Å². The lowest BCUT2D eigenvalue weighted by molar-refractivity contribution is -0.385. The molecule has 11 heteroatoms. The van der Waals surface area contributed by atoms with Gasteiger partial charge in [0.2, 0.25) is 0 Å². The van der Waals surface area contributed by atoms with E-state index in [9.17, 15) is 28.8 Å². The zero-order valence-corrected chi connectivity index (χ0v) is 23.5. The average molecular weight is 597 g/mol. The van der Waals surface area contributed by atoms with Gasteiger partial charge in [-0.1, -0.05) is 42.8 Å². The summed E-state index contributed by atoms with van der Waals surface area (Å²) in [7, 11) is 0. The number of nitrogens with zero attached hydrogens (tertiary/aromatic N) is 2. The number of hydrogen-bond donors (Lipinski definition) is 1. The summed E-state index contributed by atoms with van der Waals surface area (Å²) in [6.07, 6.45) is -0.808. The maximum atomic E-state index is 14.6. The summed E-state index contributed by atoms with van der Waals surface area (Å²) in [5.74, 6) is -1.49. The molecule has 42 heavy (non-hydrogen) atoms. The van der Waals surface area contributed by atoms with E-state index in [1.807, 2.05) is 0 Å². The zero-order valence-electron chi connectivity index (χ0n) is 22.7. The molecule has 0 aromatic heterocycles. The van der Waals surface area contributed by atoms with Crippen molar-refractivity contribution in [1.29, 1.82) is 0 Å². The third-order valence-electron chi connectivity index (χ3n) is 6.54. The molecule has 0 amide bonds. The van der Waals surface area contributed by atoms with Gasteiger partial charge in [-0.2, -0.15) is 0 Å². The fraction of sp³-hybridized carbons (Fsp3) is 0.194. The minimum absolute atomic E-state index is 0.0367. The highest BCUT2D eigenvalue weighted by molar-refractivity contribution is 6.32. The van der Waals surface area contributed by atoms with Crippen LogP contribution >= 0.6 is 11.6 Å². The third kappa shape index (κ3) is 7.32. The minimum atomic E-state index is -1.10. The lowest BCUT2D eigenvalue weighted by Gasteiger charge is -2.27. The number of benzene rings is 4. The summed E-state index contributed by atoms with van der Waals surface area (Å²) >= 11 is 6.18. The molecule has 0 heterocycles. The molecule has 8 nitrogen and oxygen atoms in total. The molecule has 0 spiro atoms. The fourth-order valence-electron chi connectivity index (χ4n) is 4.35. The molecule has 0 saturated carbocycles. The highest BCUT2D eigenvalue weighted by Crippen LogP contribution is 2.34. The first-order chi connectivity index (χ1) is 20.0. The van der Waals surface area contributed by atoms with E-state index >= 15 is 0 Å². The van der Waals surface area contributed by atoms with E-state index < -0.39 is 28.6 Å². The Bertz CT molecular complexity index is 1600. The SMILES string of the molecule is CCC(Oc1cc(Oc2ccc(CN(Cc3ccc(F)cc3F)c3cccc([N+](=O)[O-])c3C)cc2)ccc1Cl)C(=O)O. The van der Waals surface area contributed by atoms with E-state index in [4.69, 9.17) is 21.1 Å². The molecule has 4 aromatic rings. The summed E-state index contributed by atoms with van der Waals surface area (Å²) in [6, 6.07) is 19.7. The van der Waals surface area contributed by atoms with Crippen LogP contribution in [0, 0.1) is 28.7 Å². The van der Waals surface area contributed by atoms with Gasteiger partial charge < -0.3 is 19.5 Å². The lowest BCUT2D eigenvalue weighted by Crippen LogP contribution is -2.26. The van der Waals surface area contributed by atoms with Gasteiger partial charge in [0, 0.05) is 42.5 Å². The van der Waals surface area contributed by atoms with Gasteiger partial charge in [-0.25, -0.2) is 13.6 Å². The number of hydrogen-bond acceptors (Lipinski definition) is 6. The molecule has 0 radical (unpaired) electrons. The van der Waals surface area contributed by atoms with Crippen LogP contribution in [0.25, 0.3) is 0 Å². The number of anilines is 1. The molecule has 1 N–H and O–H groups in total. The number of nitro groups is 1. The van der Waals surface area contributed by atoms with Gasteiger partial charge in [0.05, 0.1) is 15.5 Å². The van der Waals surface area contributed by atoms with Gasteiger partial charge in [-0.3, -0.25) is 10.1 Å². The lowest BCUT2D eigenvalue weighted by atomic mass is 10.1. The molecule has 218 valence electrons. The van der Waals surface area contributed by atoms with Crippen LogP contribution in [0.15, 0.2) is 78.9 Å². The Kier molecular flexibility index (Phi) is 9.59. The van der Waals surface area contributed by atoms with Crippen LogP contribution < -0.4 is 14.4 Å². The van der Waals surface area contributed by atoms with Crippen LogP contribution in [0.5, 0.6) is 17.2 Å². The van der Waals surface area contributed by atoms with Crippen molar-refractivity contribution in [1.82, 2.24) is 0 Å². The van der Waals surface area contributed by atoms with Crippen molar-refractivity contribution in [2.24, 2.45) is 0 Å². The molecule has 0 aliphatic rings. The maximum Gasteiger partial charge on any atom is 0.344 e. The quantitative estimate of drug-likeness (QED) is 0.130. The molecule has 4 aromatic carbocycles. The Morgan fingerprint density at radius 3 is 2.38 bits per heavy atom. The second-order valence-electron chi connectivity index (χ2n) is 9.46. The summed E-state index contributed by atoms with van der Waals surface area (Å²) in [6.45, 7) is 3.61. The number of nitro benzene ring substituents is 1. The Morgan fingerprint density at radius 1 is 1.02 bits per heavy atom. The second-order valence-corrected chi connectivity index (χ2v) is 9.87. The smallest absolute Gasteiger partial charge is 0.344 e. The predicted molar refractivity (Wildman–Crippen MR) is 154 cm³/mol. The summed E-state index contributed by atoms with van der Waals surface area (Å²) < 4.78 is 39.5. The van der Waals surface area contributed by atoms with Gasteiger partial charge in [0.15, 0.2) is 6.10 Å². The average Bonchev–Trinajstić information content (AvgIpc) is 2.95. The first-order valence-electron chi connectivity index (χ1n) is 12.9. The van der Waals surface area contributed by atoms with Crippen molar-refractivity contribution in [3.05, 3.63) is 122 Å². The maximum absolute atomic E-state index is 14.6. The van der Waals surface area contributed by atoms with E-state index in [1.54, 1.807) is 67.3 Å². The number of carbonyl (C=O) groups is 1. The monoisotopic (exact) mass is 596 g/mol. The van der Waals surface area contributed by atoms with Gasteiger partial charge in [0.25, 0.3) is 5.69 Å². The Labute approximate surface area is 245 Å². The van der Waals surface area contributed by atoms with Crippen LogP contribution in [-0.4, -0.2) is 22.1 Å². The first kappa shape index (κ1) is 30.3. The van der Waals surface area contributed by atoms with Crippen LogP contribution in [0.1, 0.15) is 30.0 Å². The van der Waals surface area contributed by atoms with E-state index in [0.717, 1.165) is 11.6 Å². The molecule has 4 rings (SSSR count). The minimum Gasteiger partial charge on any atom is -0.479 e. The molecule has 0 bridgehead atoms. The zero-order chi connectivity index (χ0) is 30.4. The highest BCUT2D eigenvalue weighted by atomic mass is 35.5. The van der Waals surface area contributed by atoms with Crippen LogP contribution in [0.4, 0.5) is 20.2 Å². The van der Waals surface area contributed by atoms with Crippen molar-refractivity contribution in [3.63, 3.8) is 0 Å². The number of rotatable bonds is 12. The summed E-state index contributed by atoms with van der Waals surface area (Å²) in [4.78, 5) is 24.2. The number of aliphatic carboxylic acids is 1. The van der Waals surface area contributed by atoms with Crippen molar-refractivity contribution < 1.29 is 33.1 Å². The van der Waals surface area contributed by atoms with Crippen molar-refractivity contribution in [2.75, 3.05) is 4.90 Å². The number of carboxylic acid groups (broad SMARTS) is 1. The first-order valence-corrected chi connectivity index (χ1v) is 13.3. The summed E-state index contributed by atoms with van der Waals surface area (Å²) in [5.41, 5.74) is 1.91. The van der Waals surface area contributed by atoms with E-state index in [2.05, 4.69) is 0 Å². The number of carboxylic acids is 1. The third-order valence-corrected chi connectivity index (χ3v) is 6.85. The number of ether oxygens (including phenoxy) is 2. The van der Waals surface area contributed by atoms with E-state index in [0.29, 0.717) is 22.7 Å². The van der Waals surface area contributed by atoms with Crippen molar-refractivity contribution in [3.8, 4) is 17.2 Å². The molecule has 1 atom stereocenters. The largest absolute Gasteiger partial charge is 0.479 e. The van der Waals surface area contributed by atoms with Crippen LogP contribution in [0.3, 0.4) is 0 Å². The molecule has 0 aliphatic carbocycles. The van der Waals surface area contributed by atoms with Crippen LogP contribution in [0.2, 0.25) is 5.02 Å². The van der Waals surface area contributed by atoms with Crippen molar-refractivity contribution in [2.45, 2.75) is 39.5 Å². The molecule has 1 unspecified atom stereocenters. The standard InChI is InChI=1S/C31H27ClF2N2O6/c1-3-29(31(37)38)42-30-16-24(13-14-25(30)32)41-23-11-7-20(8-12-23)17-35(18-21-9-10-22(33)15-26(21)34)27-5-4-6-28(19(27)2)36(39)40/h4-16,29H,3,17-18H2,1-2H3,(H,37,38). The predicted octanol–water partition coefficient (Wildman–Crippen LogP) is 8.08. The second kappa shape index (κ2) is 13.3. The van der Waals surface area contributed by atoms with E-state index in [-0.39, 0.29) is 41.5 Å². The fourth-order valence-corrected chi connectivity index (χ4v) is 4.51. The molecule has 0 aliphatic heterocycles. The van der Waals surface area contributed by atoms with Gasteiger partial charge in [-0.15, -0.1) is 0 Å². The molecular weight excluding hydrogens is 570 g/mol. The highest BCUT2D eigenvalue weighted by Gasteiger charge is 2.21. The van der Waals surface area contributed by atoms with Gasteiger partial charge >= 0.3 is 5.97 Å². The van der Waals surface area contributed by atoms with Crippen molar-refractivity contribution >= 4 is 28.9 Å². The molecule has 0 fully saturated rings. The Balaban J connectivity index is 1.57. The van der Waals surface area contributed by atoms with Gasteiger partial charge in [0.1, 0.15) is 28.9 Å². The van der Waals surface area contributed by atoms with Gasteiger partial charge in [-0.05, 0) is 55.3 Å². The number of halogens is 3. The molecule has 0 saturated heterocycles. The molecular formula is C31H27ClF2N2O6. The van der Waals surface area contributed by atoms with E-state index in [1.165, 1.54) is 24.3 Å². The summed E-state index contributed by atoms with van der Waals surface area (Å²) in [5, 5.41) is 21.1. The Hall–Kier alpha value is -4.70. The normalized spacial score (nSPS) is 11.5.